The second kappa shape index (κ2) is 6.17. The first-order valence-corrected chi connectivity index (χ1v) is 8.99. The highest BCUT2D eigenvalue weighted by Crippen LogP contribution is 2.28. The molecule has 0 aliphatic carbocycles. The second-order valence-electron chi connectivity index (χ2n) is 6.45. The first-order chi connectivity index (χ1) is 12.4. The summed E-state index contributed by atoms with van der Waals surface area (Å²) < 4.78 is 4.41. The molecule has 3 heterocycles. The van der Waals surface area contributed by atoms with Gasteiger partial charge < -0.3 is 9.47 Å². The van der Waals surface area contributed by atoms with Gasteiger partial charge >= 0.3 is 5.69 Å². The van der Waals surface area contributed by atoms with Crippen LogP contribution in [0.25, 0.3) is 11.2 Å². The smallest absolute Gasteiger partial charge is 0.332 e. The number of imidazole rings is 1. The highest BCUT2D eigenvalue weighted by atomic mass is 35.5. The fourth-order valence-electron chi connectivity index (χ4n) is 3.43. The third kappa shape index (κ3) is 2.54. The molecule has 1 aromatic carbocycles. The fourth-order valence-corrected chi connectivity index (χ4v) is 3.80. The maximum atomic E-state index is 12.6. The van der Waals surface area contributed by atoms with Crippen LogP contribution in [0.3, 0.4) is 0 Å². The number of benzene rings is 1. The summed E-state index contributed by atoms with van der Waals surface area (Å²) in [6.07, 6.45) is 0.864. The van der Waals surface area contributed by atoms with Crippen LogP contribution in [0.1, 0.15) is 12.0 Å². The molecule has 2 aromatic heterocycles. The van der Waals surface area contributed by atoms with Crippen LogP contribution in [0.4, 0.5) is 5.95 Å². The number of aryl methyl sites for hydroxylation is 2. The van der Waals surface area contributed by atoms with E-state index in [-0.39, 0.29) is 11.2 Å². The topological polar surface area (TPSA) is 65.1 Å². The van der Waals surface area contributed by atoms with Crippen molar-refractivity contribution in [3.8, 4) is 0 Å². The van der Waals surface area contributed by atoms with Crippen molar-refractivity contribution in [3.05, 3.63) is 54.6 Å². The van der Waals surface area contributed by atoms with Gasteiger partial charge in [0.25, 0.3) is 5.56 Å². The third-order valence-corrected chi connectivity index (χ3v) is 5.39. The SMILES string of the molecule is Cn1c(=O)c2c(nc3n2CCCN3Cc2cc(Cl)ccc2Cl)n(C)c1=O. The van der Waals surface area contributed by atoms with E-state index < -0.39 is 0 Å². The lowest BCUT2D eigenvalue weighted by atomic mass is 10.2. The minimum atomic E-state index is -0.387. The van der Waals surface area contributed by atoms with Crippen molar-refractivity contribution in [3.63, 3.8) is 0 Å². The van der Waals surface area contributed by atoms with Crippen molar-refractivity contribution in [1.29, 1.82) is 0 Å². The predicted molar refractivity (Wildman–Crippen MR) is 102 cm³/mol. The first kappa shape index (κ1) is 17.2. The van der Waals surface area contributed by atoms with Crippen molar-refractivity contribution in [1.82, 2.24) is 18.7 Å². The minimum absolute atomic E-state index is 0.329. The van der Waals surface area contributed by atoms with E-state index in [0.717, 1.165) is 23.1 Å². The van der Waals surface area contributed by atoms with Crippen LogP contribution in [0.2, 0.25) is 10.0 Å². The highest BCUT2D eigenvalue weighted by molar-refractivity contribution is 6.33. The van der Waals surface area contributed by atoms with Gasteiger partial charge in [-0.05, 0) is 30.2 Å². The number of anilines is 1. The molecule has 1 aliphatic rings. The van der Waals surface area contributed by atoms with Gasteiger partial charge in [-0.2, -0.15) is 4.98 Å². The van der Waals surface area contributed by atoms with Crippen LogP contribution in [-0.2, 0) is 27.2 Å². The van der Waals surface area contributed by atoms with Gasteiger partial charge in [-0.3, -0.25) is 13.9 Å². The number of rotatable bonds is 2. The number of nitrogens with zero attached hydrogens (tertiary/aromatic N) is 5. The van der Waals surface area contributed by atoms with E-state index in [0.29, 0.717) is 40.2 Å². The Kier molecular flexibility index (Phi) is 4.08. The Labute approximate surface area is 159 Å². The minimum Gasteiger partial charge on any atom is -0.338 e. The molecule has 136 valence electrons. The van der Waals surface area contributed by atoms with E-state index in [4.69, 9.17) is 23.2 Å². The Morgan fingerprint density at radius 2 is 1.88 bits per heavy atom. The van der Waals surface area contributed by atoms with Crippen molar-refractivity contribution in [2.75, 3.05) is 11.4 Å². The molecule has 4 rings (SSSR count). The van der Waals surface area contributed by atoms with E-state index in [1.54, 1.807) is 19.2 Å². The van der Waals surface area contributed by atoms with E-state index in [1.807, 2.05) is 10.6 Å². The summed E-state index contributed by atoms with van der Waals surface area (Å²) in [5, 5.41) is 1.25. The van der Waals surface area contributed by atoms with Crippen molar-refractivity contribution in [2.24, 2.45) is 14.1 Å². The van der Waals surface area contributed by atoms with Crippen LogP contribution in [-0.4, -0.2) is 25.2 Å². The molecule has 0 bridgehead atoms. The molecule has 0 amide bonds. The molecule has 26 heavy (non-hydrogen) atoms. The average Bonchev–Trinajstić information content (AvgIpc) is 3.02. The number of halogens is 2. The summed E-state index contributed by atoms with van der Waals surface area (Å²) in [4.78, 5) is 31.5. The zero-order valence-electron chi connectivity index (χ0n) is 14.4. The molecule has 0 fully saturated rings. The zero-order valence-corrected chi connectivity index (χ0v) is 15.9. The molecule has 0 spiro atoms. The molecule has 0 atom stereocenters. The summed E-state index contributed by atoms with van der Waals surface area (Å²) in [5.41, 5.74) is 1.03. The Bertz CT molecular complexity index is 1140. The molecule has 3 aromatic rings. The first-order valence-electron chi connectivity index (χ1n) is 8.23. The molecule has 9 heteroatoms. The zero-order chi connectivity index (χ0) is 18.6. The quantitative estimate of drug-likeness (QED) is 0.668. The number of hydrogen-bond acceptors (Lipinski definition) is 4. The molecule has 0 radical (unpaired) electrons. The van der Waals surface area contributed by atoms with Gasteiger partial charge in [-0.1, -0.05) is 23.2 Å². The van der Waals surface area contributed by atoms with Gasteiger partial charge in [-0.15, -0.1) is 0 Å². The van der Waals surface area contributed by atoms with Crippen molar-refractivity contribution in [2.45, 2.75) is 19.5 Å². The van der Waals surface area contributed by atoms with Crippen LogP contribution < -0.4 is 16.1 Å². The lowest BCUT2D eigenvalue weighted by Crippen LogP contribution is -2.38. The van der Waals surface area contributed by atoms with Gasteiger partial charge in [0.15, 0.2) is 11.2 Å². The summed E-state index contributed by atoms with van der Waals surface area (Å²) in [7, 11) is 3.11. The van der Waals surface area contributed by atoms with E-state index >= 15 is 0 Å². The Balaban J connectivity index is 1.88. The average molecular weight is 394 g/mol. The lowest BCUT2D eigenvalue weighted by Gasteiger charge is -2.29. The van der Waals surface area contributed by atoms with Crippen molar-refractivity contribution < 1.29 is 0 Å². The molecular weight excluding hydrogens is 377 g/mol. The van der Waals surface area contributed by atoms with Gasteiger partial charge in [0.05, 0.1) is 0 Å². The molecule has 0 saturated carbocycles. The number of fused-ring (bicyclic) bond motifs is 3. The van der Waals surface area contributed by atoms with Gasteiger partial charge in [0.1, 0.15) is 0 Å². The molecule has 0 N–H and O–H groups in total. The summed E-state index contributed by atoms with van der Waals surface area (Å²) in [6.45, 7) is 1.98. The largest absolute Gasteiger partial charge is 0.338 e. The standard InChI is InChI=1S/C17H17Cl2N5O2/c1-21-14-13(15(25)22(2)17(21)26)24-7-3-6-23(16(24)20-14)9-10-8-11(18)4-5-12(10)19/h4-5,8H,3,6-7,9H2,1-2H3. The van der Waals surface area contributed by atoms with Crippen LogP contribution in [0, 0.1) is 0 Å². The monoisotopic (exact) mass is 393 g/mol. The molecule has 0 saturated heterocycles. The Morgan fingerprint density at radius 3 is 2.65 bits per heavy atom. The third-order valence-electron chi connectivity index (χ3n) is 4.79. The van der Waals surface area contributed by atoms with Gasteiger partial charge in [-0.25, -0.2) is 4.79 Å². The number of aromatic nitrogens is 4. The van der Waals surface area contributed by atoms with E-state index in [2.05, 4.69) is 9.88 Å². The normalized spacial score (nSPS) is 14.1. The molecular formula is C17H17Cl2N5O2. The second-order valence-corrected chi connectivity index (χ2v) is 7.30. The molecule has 7 nitrogen and oxygen atoms in total. The Morgan fingerprint density at radius 1 is 1.12 bits per heavy atom. The Hall–Kier alpha value is -2.25. The van der Waals surface area contributed by atoms with Crippen LogP contribution >= 0.6 is 23.2 Å². The highest BCUT2D eigenvalue weighted by Gasteiger charge is 2.26. The predicted octanol–water partition coefficient (Wildman–Crippen LogP) is 2.15. The lowest BCUT2D eigenvalue weighted by molar-refractivity contribution is 0.562. The van der Waals surface area contributed by atoms with Crippen LogP contribution in [0.5, 0.6) is 0 Å². The number of hydrogen-bond donors (Lipinski definition) is 0. The summed E-state index contributed by atoms with van der Waals surface area (Å²) >= 11 is 12.4. The summed E-state index contributed by atoms with van der Waals surface area (Å²) in [5.74, 6) is 0.667. The van der Waals surface area contributed by atoms with Crippen molar-refractivity contribution >= 4 is 40.3 Å². The summed E-state index contributed by atoms with van der Waals surface area (Å²) in [6, 6.07) is 5.35. The molecule has 1 aliphatic heterocycles. The van der Waals surface area contributed by atoms with E-state index in [9.17, 15) is 9.59 Å². The fraction of sp³-hybridized carbons (Fsp3) is 0.353. The molecule has 0 unspecified atom stereocenters. The maximum absolute atomic E-state index is 12.6. The van der Waals surface area contributed by atoms with Crippen LogP contribution in [0.15, 0.2) is 27.8 Å². The van der Waals surface area contributed by atoms with E-state index in [1.165, 1.54) is 11.6 Å². The maximum Gasteiger partial charge on any atom is 0.332 e. The van der Waals surface area contributed by atoms with Gasteiger partial charge in [0, 0.05) is 43.8 Å². The van der Waals surface area contributed by atoms with Gasteiger partial charge in [0.2, 0.25) is 5.95 Å².